The maximum absolute atomic E-state index is 11.4. The monoisotopic (exact) mass is 360 g/mol. The number of halogens is 1. The molecule has 0 amide bonds. The van der Waals surface area contributed by atoms with E-state index in [9.17, 15) is 15.0 Å². The lowest BCUT2D eigenvalue weighted by atomic mass is 9.92. The molecular weight excluding hydrogens is 348 g/mol. The Morgan fingerprint density at radius 1 is 0.955 bits per heavy atom. The highest BCUT2D eigenvalue weighted by Crippen LogP contribution is 2.39. The first kappa shape index (κ1) is 14.7. The number of hydrogen-bond donors (Lipinski definition) is 2. The summed E-state index contributed by atoms with van der Waals surface area (Å²) in [7, 11) is 0. The molecule has 2 aromatic carbocycles. The molecule has 0 bridgehead atoms. The predicted molar refractivity (Wildman–Crippen MR) is 85.3 cm³/mol. The number of carbonyl (C=O) groups excluding carboxylic acids is 1. The van der Waals surface area contributed by atoms with Crippen LogP contribution in [0.2, 0.25) is 0 Å². The number of aliphatic hydroxyl groups is 2. The van der Waals surface area contributed by atoms with E-state index in [0.717, 1.165) is 15.6 Å². The Hall–Kier alpha value is -2.27. The molecule has 112 valence electrons. The van der Waals surface area contributed by atoms with E-state index in [2.05, 4.69) is 15.9 Å². The lowest BCUT2D eigenvalue weighted by Gasteiger charge is -2.23. The van der Waals surface area contributed by atoms with Gasteiger partial charge >= 0.3 is 5.97 Å². The number of carbonyl (C=O) groups is 1. The fraction of sp³-hybridized carbons (Fsp3) is 0.118. The van der Waals surface area contributed by atoms with Crippen molar-refractivity contribution >= 4 is 21.9 Å². The molecule has 0 spiro atoms. The second-order valence-electron chi connectivity index (χ2n) is 5.20. The van der Waals surface area contributed by atoms with Gasteiger partial charge in [-0.1, -0.05) is 52.3 Å². The van der Waals surface area contributed by atoms with Crippen LogP contribution in [0, 0.1) is 0 Å². The van der Waals surface area contributed by atoms with Gasteiger partial charge in [-0.3, -0.25) is 0 Å². The standard InChI is InChI=1S/C17H13BrO4/c1-17(15(20)14(19)16(21)22-17)12-6-2-10(3-7-12)11-4-8-13(18)9-5-11/h2-9,19-20H,1H3/t17-/m0/s1. The van der Waals surface area contributed by atoms with Crippen molar-refractivity contribution in [2.24, 2.45) is 0 Å². The Morgan fingerprint density at radius 2 is 1.45 bits per heavy atom. The van der Waals surface area contributed by atoms with Crippen LogP contribution in [0.3, 0.4) is 0 Å². The molecule has 3 rings (SSSR count). The first-order chi connectivity index (χ1) is 10.4. The largest absolute Gasteiger partial charge is 0.505 e. The summed E-state index contributed by atoms with van der Waals surface area (Å²) >= 11 is 3.39. The quantitative estimate of drug-likeness (QED) is 0.787. The highest BCUT2D eigenvalue weighted by Gasteiger charge is 2.46. The van der Waals surface area contributed by atoms with Crippen LogP contribution in [-0.2, 0) is 15.1 Å². The van der Waals surface area contributed by atoms with Crippen molar-refractivity contribution in [1.82, 2.24) is 0 Å². The lowest BCUT2D eigenvalue weighted by Crippen LogP contribution is -2.25. The normalized spacial score (nSPS) is 21.1. The van der Waals surface area contributed by atoms with Crippen LogP contribution in [0.4, 0.5) is 0 Å². The molecule has 4 nitrogen and oxygen atoms in total. The summed E-state index contributed by atoms with van der Waals surface area (Å²) < 4.78 is 6.11. The van der Waals surface area contributed by atoms with E-state index in [0.29, 0.717) is 5.56 Å². The van der Waals surface area contributed by atoms with Crippen molar-refractivity contribution in [1.29, 1.82) is 0 Å². The van der Waals surface area contributed by atoms with Gasteiger partial charge in [-0.2, -0.15) is 0 Å². The number of esters is 1. The van der Waals surface area contributed by atoms with E-state index in [-0.39, 0.29) is 0 Å². The van der Waals surface area contributed by atoms with Crippen LogP contribution in [0.25, 0.3) is 11.1 Å². The molecule has 0 aliphatic carbocycles. The minimum Gasteiger partial charge on any atom is -0.505 e. The first-order valence-electron chi connectivity index (χ1n) is 6.64. The van der Waals surface area contributed by atoms with E-state index in [1.807, 2.05) is 36.4 Å². The van der Waals surface area contributed by atoms with Gasteiger partial charge < -0.3 is 14.9 Å². The summed E-state index contributed by atoms with van der Waals surface area (Å²) in [6.45, 7) is 1.54. The van der Waals surface area contributed by atoms with E-state index in [1.165, 1.54) is 6.92 Å². The van der Waals surface area contributed by atoms with Gasteiger partial charge in [0.25, 0.3) is 0 Å². The molecule has 0 unspecified atom stereocenters. The summed E-state index contributed by atoms with van der Waals surface area (Å²) in [6.07, 6.45) is 0. The van der Waals surface area contributed by atoms with Gasteiger partial charge in [-0.25, -0.2) is 4.79 Å². The minimum absolute atomic E-state index is 0.464. The fourth-order valence-corrected chi connectivity index (χ4v) is 2.69. The van der Waals surface area contributed by atoms with E-state index in [4.69, 9.17) is 4.74 Å². The smallest absolute Gasteiger partial charge is 0.378 e. The van der Waals surface area contributed by atoms with Crippen molar-refractivity contribution in [2.45, 2.75) is 12.5 Å². The summed E-state index contributed by atoms with van der Waals surface area (Å²) in [4.78, 5) is 11.4. The molecule has 0 aromatic heterocycles. The number of rotatable bonds is 2. The molecule has 0 fully saturated rings. The third-order valence-corrected chi connectivity index (χ3v) is 4.31. The van der Waals surface area contributed by atoms with Crippen LogP contribution in [0.15, 0.2) is 64.5 Å². The number of hydrogen-bond acceptors (Lipinski definition) is 4. The van der Waals surface area contributed by atoms with Crippen molar-refractivity contribution in [3.05, 3.63) is 70.1 Å². The second-order valence-corrected chi connectivity index (χ2v) is 6.12. The average Bonchev–Trinajstić information content (AvgIpc) is 2.73. The molecule has 2 N–H and O–H groups in total. The summed E-state index contributed by atoms with van der Waals surface area (Å²) in [5.41, 5.74) is 1.28. The van der Waals surface area contributed by atoms with Gasteiger partial charge in [0.1, 0.15) is 0 Å². The van der Waals surface area contributed by atoms with Gasteiger partial charge in [0, 0.05) is 10.0 Å². The maximum Gasteiger partial charge on any atom is 0.378 e. The second kappa shape index (κ2) is 5.18. The number of benzene rings is 2. The first-order valence-corrected chi connectivity index (χ1v) is 7.43. The van der Waals surface area contributed by atoms with Crippen LogP contribution in [0.5, 0.6) is 0 Å². The highest BCUT2D eigenvalue weighted by molar-refractivity contribution is 9.10. The van der Waals surface area contributed by atoms with Crippen LogP contribution < -0.4 is 0 Å². The maximum atomic E-state index is 11.4. The summed E-state index contributed by atoms with van der Waals surface area (Å²) in [6, 6.07) is 15.2. The molecule has 22 heavy (non-hydrogen) atoms. The van der Waals surface area contributed by atoms with E-state index in [1.54, 1.807) is 12.1 Å². The Bertz CT molecular complexity index is 762. The van der Waals surface area contributed by atoms with Crippen LogP contribution >= 0.6 is 15.9 Å². The zero-order chi connectivity index (χ0) is 15.9. The van der Waals surface area contributed by atoms with Crippen LogP contribution in [-0.4, -0.2) is 16.2 Å². The molecule has 0 saturated heterocycles. The van der Waals surface area contributed by atoms with Crippen LogP contribution in [0.1, 0.15) is 12.5 Å². The van der Waals surface area contributed by atoms with Gasteiger partial charge in [-0.05, 0) is 30.2 Å². The molecule has 2 aromatic rings. The van der Waals surface area contributed by atoms with Gasteiger partial charge in [0.15, 0.2) is 11.4 Å². The lowest BCUT2D eigenvalue weighted by molar-refractivity contribution is -0.149. The third kappa shape index (κ3) is 2.27. The van der Waals surface area contributed by atoms with Crippen molar-refractivity contribution < 1.29 is 19.7 Å². The molecule has 0 radical (unpaired) electrons. The molecule has 1 atom stereocenters. The Balaban J connectivity index is 1.95. The van der Waals surface area contributed by atoms with Gasteiger partial charge in [0.2, 0.25) is 5.76 Å². The number of cyclic esters (lactones) is 1. The Morgan fingerprint density at radius 3 is 1.91 bits per heavy atom. The van der Waals surface area contributed by atoms with E-state index < -0.39 is 23.1 Å². The molecule has 1 aliphatic heterocycles. The van der Waals surface area contributed by atoms with E-state index >= 15 is 0 Å². The zero-order valence-electron chi connectivity index (χ0n) is 11.7. The topological polar surface area (TPSA) is 66.8 Å². The zero-order valence-corrected chi connectivity index (χ0v) is 13.3. The molecule has 5 heteroatoms. The van der Waals surface area contributed by atoms with Gasteiger partial charge in [0.05, 0.1) is 0 Å². The molecule has 1 heterocycles. The minimum atomic E-state index is -1.35. The number of aliphatic hydroxyl groups excluding tert-OH is 2. The third-order valence-electron chi connectivity index (χ3n) is 3.78. The molecule has 0 saturated carbocycles. The number of ether oxygens (including phenoxy) is 1. The molecule has 1 aliphatic rings. The van der Waals surface area contributed by atoms with Crippen molar-refractivity contribution in [2.75, 3.05) is 0 Å². The Kier molecular flexibility index (Phi) is 3.45. The van der Waals surface area contributed by atoms with Crippen molar-refractivity contribution in [3.8, 4) is 11.1 Å². The highest BCUT2D eigenvalue weighted by atomic mass is 79.9. The summed E-state index contributed by atoms with van der Waals surface area (Å²) in [5.74, 6) is -2.12. The molecular formula is C17H13BrO4. The van der Waals surface area contributed by atoms with Crippen molar-refractivity contribution in [3.63, 3.8) is 0 Å². The summed E-state index contributed by atoms with van der Waals surface area (Å²) in [5, 5.41) is 19.4. The fourth-order valence-electron chi connectivity index (χ4n) is 2.42. The Labute approximate surface area is 135 Å². The SMILES string of the molecule is C[C@@]1(c2ccc(-c3ccc(Br)cc3)cc2)OC(=O)C(O)=C1O. The predicted octanol–water partition coefficient (Wildman–Crippen LogP) is 4.22. The van der Waals surface area contributed by atoms with Gasteiger partial charge in [-0.15, -0.1) is 0 Å². The average molecular weight is 361 g/mol.